The number of aryl methyl sites for hydroxylation is 1. The number of rotatable bonds is 3. The number of hydrogen-bond acceptors (Lipinski definition) is 4. The molecule has 16 heavy (non-hydrogen) atoms. The van der Waals surface area contributed by atoms with Crippen molar-refractivity contribution in [2.75, 3.05) is 0 Å². The summed E-state index contributed by atoms with van der Waals surface area (Å²) in [4.78, 5) is 0. The molecule has 0 aliphatic heterocycles. The molecule has 3 N–H and O–H groups in total. The number of furan rings is 1. The van der Waals surface area contributed by atoms with E-state index in [0.29, 0.717) is 0 Å². The van der Waals surface area contributed by atoms with Crippen LogP contribution in [-0.4, -0.2) is 9.78 Å². The van der Waals surface area contributed by atoms with Crippen LogP contribution in [0, 0.1) is 6.92 Å². The lowest BCUT2D eigenvalue weighted by Crippen LogP contribution is -2.29. The Hall–Kier alpha value is -1.11. The molecule has 86 valence electrons. The molecule has 0 bridgehead atoms. The van der Waals surface area contributed by atoms with E-state index >= 15 is 0 Å². The first kappa shape index (κ1) is 11.4. The van der Waals surface area contributed by atoms with Crippen LogP contribution in [-0.2, 0) is 7.05 Å². The third-order valence-electron chi connectivity index (χ3n) is 2.66. The SMILES string of the molecule is Cc1c(C(NN)c2occc2Br)cnn1C. The monoisotopic (exact) mass is 284 g/mol. The number of nitrogens with one attached hydrogen (secondary N) is 1. The summed E-state index contributed by atoms with van der Waals surface area (Å²) < 4.78 is 8.10. The van der Waals surface area contributed by atoms with E-state index in [0.717, 1.165) is 21.5 Å². The minimum atomic E-state index is -0.196. The molecule has 0 amide bonds. The van der Waals surface area contributed by atoms with E-state index in [9.17, 15) is 0 Å². The highest BCUT2D eigenvalue weighted by Crippen LogP contribution is 2.30. The third-order valence-corrected chi connectivity index (χ3v) is 3.31. The minimum absolute atomic E-state index is 0.196. The minimum Gasteiger partial charge on any atom is -0.466 e. The summed E-state index contributed by atoms with van der Waals surface area (Å²) in [5.41, 5.74) is 4.79. The topological polar surface area (TPSA) is 69.0 Å². The van der Waals surface area contributed by atoms with Crippen molar-refractivity contribution < 1.29 is 4.42 Å². The van der Waals surface area contributed by atoms with Gasteiger partial charge in [-0.05, 0) is 28.9 Å². The van der Waals surface area contributed by atoms with Gasteiger partial charge >= 0.3 is 0 Å². The lowest BCUT2D eigenvalue weighted by atomic mass is 10.1. The normalized spacial score (nSPS) is 13.0. The third kappa shape index (κ3) is 1.79. The highest BCUT2D eigenvalue weighted by atomic mass is 79.9. The van der Waals surface area contributed by atoms with Gasteiger partial charge in [0.2, 0.25) is 0 Å². The van der Waals surface area contributed by atoms with Crippen LogP contribution in [0.3, 0.4) is 0 Å². The highest BCUT2D eigenvalue weighted by Gasteiger charge is 2.22. The Bertz CT molecular complexity index is 491. The van der Waals surface area contributed by atoms with Crippen molar-refractivity contribution in [2.24, 2.45) is 12.9 Å². The molecule has 1 unspecified atom stereocenters. The zero-order valence-corrected chi connectivity index (χ0v) is 10.7. The Labute approximate surface area is 102 Å². The van der Waals surface area contributed by atoms with Crippen LogP contribution in [0.4, 0.5) is 0 Å². The second-order valence-corrected chi connectivity index (χ2v) is 4.40. The second-order valence-electron chi connectivity index (χ2n) is 3.54. The van der Waals surface area contributed by atoms with E-state index in [1.807, 2.05) is 20.0 Å². The van der Waals surface area contributed by atoms with Crippen LogP contribution in [0.15, 0.2) is 27.4 Å². The smallest absolute Gasteiger partial charge is 0.140 e. The molecule has 0 radical (unpaired) electrons. The Balaban J connectivity index is 2.45. The Morgan fingerprint density at radius 1 is 1.62 bits per heavy atom. The van der Waals surface area contributed by atoms with Gasteiger partial charge in [-0.25, -0.2) is 5.43 Å². The van der Waals surface area contributed by atoms with Crippen molar-refractivity contribution in [1.82, 2.24) is 15.2 Å². The summed E-state index contributed by atoms with van der Waals surface area (Å²) in [6.45, 7) is 1.99. The van der Waals surface area contributed by atoms with Crippen molar-refractivity contribution in [3.05, 3.63) is 40.0 Å². The largest absolute Gasteiger partial charge is 0.466 e. The Morgan fingerprint density at radius 2 is 2.38 bits per heavy atom. The fourth-order valence-electron chi connectivity index (χ4n) is 1.62. The van der Waals surface area contributed by atoms with Crippen molar-refractivity contribution in [1.29, 1.82) is 0 Å². The van der Waals surface area contributed by atoms with Crippen LogP contribution in [0.1, 0.15) is 23.1 Å². The molecular weight excluding hydrogens is 272 g/mol. The Kier molecular flexibility index (Phi) is 3.13. The van der Waals surface area contributed by atoms with Crippen LogP contribution in [0.25, 0.3) is 0 Å². The predicted octanol–water partition coefficient (Wildman–Crippen LogP) is 1.64. The first-order valence-corrected chi connectivity index (χ1v) is 5.62. The molecule has 5 nitrogen and oxygen atoms in total. The van der Waals surface area contributed by atoms with E-state index in [-0.39, 0.29) is 6.04 Å². The van der Waals surface area contributed by atoms with Gasteiger partial charge in [0.05, 0.1) is 16.9 Å². The zero-order valence-electron chi connectivity index (χ0n) is 9.07. The molecule has 0 saturated carbocycles. The molecule has 0 saturated heterocycles. The molecule has 1 atom stereocenters. The maximum atomic E-state index is 5.58. The molecule has 2 heterocycles. The van der Waals surface area contributed by atoms with Crippen LogP contribution >= 0.6 is 15.9 Å². The molecule has 2 rings (SSSR count). The number of nitrogens with two attached hydrogens (primary N) is 1. The van der Waals surface area contributed by atoms with Crippen LogP contribution in [0.5, 0.6) is 0 Å². The van der Waals surface area contributed by atoms with Gasteiger partial charge in [0.1, 0.15) is 11.8 Å². The number of hydrogen-bond donors (Lipinski definition) is 2. The molecule has 0 aliphatic rings. The van der Waals surface area contributed by atoms with Crippen molar-refractivity contribution >= 4 is 15.9 Å². The summed E-state index contributed by atoms with van der Waals surface area (Å²) in [6.07, 6.45) is 3.41. The fraction of sp³-hybridized carbons (Fsp3) is 0.300. The van der Waals surface area contributed by atoms with Gasteiger partial charge in [0.15, 0.2) is 0 Å². The van der Waals surface area contributed by atoms with E-state index < -0.39 is 0 Å². The highest BCUT2D eigenvalue weighted by molar-refractivity contribution is 9.10. The van der Waals surface area contributed by atoms with E-state index in [2.05, 4.69) is 26.5 Å². The van der Waals surface area contributed by atoms with E-state index in [1.54, 1.807) is 17.1 Å². The van der Waals surface area contributed by atoms with Gasteiger partial charge in [-0.1, -0.05) is 0 Å². The predicted molar refractivity (Wildman–Crippen MR) is 63.5 cm³/mol. The second kappa shape index (κ2) is 4.40. The van der Waals surface area contributed by atoms with Gasteiger partial charge in [-0.15, -0.1) is 0 Å². The Morgan fingerprint density at radius 3 is 2.81 bits per heavy atom. The van der Waals surface area contributed by atoms with E-state index in [4.69, 9.17) is 10.3 Å². The number of nitrogens with zero attached hydrogens (tertiary/aromatic N) is 2. The lowest BCUT2D eigenvalue weighted by molar-refractivity contribution is 0.448. The number of aromatic nitrogens is 2. The summed E-state index contributed by atoms with van der Waals surface area (Å²) >= 11 is 3.42. The molecule has 0 spiro atoms. The quantitative estimate of drug-likeness (QED) is 0.664. The lowest BCUT2D eigenvalue weighted by Gasteiger charge is -2.13. The standard InChI is InChI=1S/C10H13BrN4O/c1-6-7(5-13-15(6)2)9(14-12)10-8(11)3-4-16-10/h3-5,9,14H,12H2,1-2H3. The average molecular weight is 285 g/mol. The average Bonchev–Trinajstić information content (AvgIpc) is 2.81. The van der Waals surface area contributed by atoms with E-state index in [1.165, 1.54) is 0 Å². The van der Waals surface area contributed by atoms with Gasteiger partial charge in [-0.2, -0.15) is 5.10 Å². The number of hydrazine groups is 1. The summed E-state index contributed by atoms with van der Waals surface area (Å²) in [5.74, 6) is 6.32. The van der Waals surface area contributed by atoms with Crippen molar-refractivity contribution in [3.8, 4) is 0 Å². The number of halogens is 1. The van der Waals surface area contributed by atoms with Crippen LogP contribution in [0.2, 0.25) is 0 Å². The summed E-state index contributed by atoms with van der Waals surface area (Å²) in [7, 11) is 1.89. The molecule has 2 aromatic rings. The summed E-state index contributed by atoms with van der Waals surface area (Å²) in [6, 6.07) is 1.64. The molecule has 0 aromatic carbocycles. The van der Waals surface area contributed by atoms with Crippen LogP contribution < -0.4 is 11.3 Å². The fourth-order valence-corrected chi connectivity index (χ4v) is 2.05. The first-order chi connectivity index (χ1) is 7.65. The molecule has 0 fully saturated rings. The van der Waals surface area contributed by atoms with Gasteiger partial charge in [0, 0.05) is 18.3 Å². The molecule has 2 aromatic heterocycles. The van der Waals surface area contributed by atoms with Gasteiger partial charge in [-0.3, -0.25) is 10.5 Å². The molecule has 6 heteroatoms. The van der Waals surface area contributed by atoms with Gasteiger partial charge < -0.3 is 4.42 Å². The zero-order chi connectivity index (χ0) is 11.7. The maximum absolute atomic E-state index is 5.58. The van der Waals surface area contributed by atoms with Crippen molar-refractivity contribution in [2.45, 2.75) is 13.0 Å². The van der Waals surface area contributed by atoms with Crippen molar-refractivity contribution in [3.63, 3.8) is 0 Å². The summed E-state index contributed by atoms with van der Waals surface area (Å²) in [5, 5.41) is 4.19. The van der Waals surface area contributed by atoms with Gasteiger partial charge in [0.25, 0.3) is 0 Å². The first-order valence-electron chi connectivity index (χ1n) is 4.82. The molecular formula is C10H13BrN4O. The maximum Gasteiger partial charge on any atom is 0.140 e. The molecule has 0 aliphatic carbocycles.